The van der Waals surface area contributed by atoms with Gasteiger partial charge in [0.25, 0.3) is 0 Å². The summed E-state index contributed by atoms with van der Waals surface area (Å²) in [4.78, 5) is 15.5. The van der Waals surface area contributed by atoms with E-state index in [2.05, 4.69) is 32.5 Å². The molecular formula is C18H27IN6. The van der Waals surface area contributed by atoms with Crippen molar-refractivity contribution in [2.24, 2.45) is 4.99 Å². The largest absolute Gasteiger partial charge is 0.363 e. The Morgan fingerprint density at radius 2 is 1.88 bits per heavy atom. The molecule has 0 atom stereocenters. The average molecular weight is 454 g/mol. The number of hydrogen-bond acceptors (Lipinski definition) is 4. The Balaban J connectivity index is 0.00000312. The number of hydrogen-bond donors (Lipinski definition) is 2. The predicted octanol–water partition coefficient (Wildman–Crippen LogP) is 2.46. The molecule has 6 nitrogen and oxygen atoms in total. The normalized spacial score (nSPS) is 10.8. The maximum atomic E-state index is 4.61. The number of nitrogens with one attached hydrogen (secondary N) is 2. The van der Waals surface area contributed by atoms with Crippen LogP contribution in [-0.2, 0) is 13.0 Å². The first kappa shape index (κ1) is 21.1. The average Bonchev–Trinajstić information content (AvgIpc) is 2.61. The van der Waals surface area contributed by atoms with Crippen molar-refractivity contribution in [1.82, 2.24) is 20.6 Å². The third-order valence-electron chi connectivity index (χ3n) is 3.39. The molecule has 0 unspecified atom stereocenters. The number of aromatic nitrogens is 2. The molecule has 0 fully saturated rings. The number of aliphatic imine (C=N–C) groups is 1. The van der Waals surface area contributed by atoms with Gasteiger partial charge in [-0.25, -0.2) is 9.98 Å². The van der Waals surface area contributed by atoms with Crippen molar-refractivity contribution in [2.75, 3.05) is 32.1 Å². The van der Waals surface area contributed by atoms with E-state index in [-0.39, 0.29) is 24.0 Å². The van der Waals surface area contributed by atoms with E-state index in [1.54, 1.807) is 0 Å². The quantitative estimate of drug-likeness (QED) is 0.383. The fraction of sp³-hybridized carbons (Fsp3) is 0.389. The Morgan fingerprint density at radius 1 is 1.08 bits per heavy atom. The molecule has 0 aliphatic carbocycles. The second-order valence-corrected chi connectivity index (χ2v) is 5.57. The van der Waals surface area contributed by atoms with Gasteiger partial charge < -0.3 is 15.5 Å². The molecule has 0 radical (unpaired) electrons. The van der Waals surface area contributed by atoms with Crippen molar-refractivity contribution < 1.29 is 0 Å². The van der Waals surface area contributed by atoms with Crippen LogP contribution in [0.25, 0.3) is 0 Å². The van der Waals surface area contributed by atoms with Crippen molar-refractivity contribution >= 4 is 35.8 Å². The van der Waals surface area contributed by atoms with Crippen LogP contribution in [0.2, 0.25) is 0 Å². The van der Waals surface area contributed by atoms with Crippen LogP contribution in [0.15, 0.2) is 47.6 Å². The van der Waals surface area contributed by atoms with Crippen LogP contribution >= 0.6 is 24.0 Å². The summed E-state index contributed by atoms with van der Waals surface area (Å²) in [5, 5.41) is 6.59. The maximum absolute atomic E-state index is 4.61. The zero-order valence-corrected chi connectivity index (χ0v) is 17.4. The van der Waals surface area contributed by atoms with Gasteiger partial charge >= 0.3 is 0 Å². The molecule has 0 aliphatic rings. The molecule has 0 aliphatic heterocycles. The SMILES string of the molecule is CCNC(=NCc1cccc(N(C)C)n1)NCCc1ccccn1.I. The molecule has 2 N–H and O–H groups in total. The van der Waals surface area contributed by atoms with E-state index in [1.807, 2.05) is 61.6 Å². The minimum Gasteiger partial charge on any atom is -0.363 e. The van der Waals surface area contributed by atoms with Crippen molar-refractivity contribution in [3.63, 3.8) is 0 Å². The van der Waals surface area contributed by atoms with Crippen molar-refractivity contribution in [3.05, 3.63) is 54.0 Å². The van der Waals surface area contributed by atoms with Crippen LogP contribution < -0.4 is 15.5 Å². The van der Waals surface area contributed by atoms with Crippen LogP contribution in [0.4, 0.5) is 5.82 Å². The summed E-state index contributed by atoms with van der Waals surface area (Å²) in [6, 6.07) is 12.0. The van der Waals surface area contributed by atoms with Gasteiger partial charge in [0, 0.05) is 45.5 Å². The molecule has 0 bridgehead atoms. The Kier molecular flexibility index (Phi) is 9.83. The zero-order valence-electron chi connectivity index (χ0n) is 15.1. The summed E-state index contributed by atoms with van der Waals surface area (Å²) in [5.74, 6) is 1.74. The first-order valence-corrected chi connectivity index (χ1v) is 8.24. The van der Waals surface area contributed by atoms with E-state index >= 15 is 0 Å². The monoisotopic (exact) mass is 454 g/mol. The number of guanidine groups is 1. The number of anilines is 1. The fourth-order valence-corrected chi connectivity index (χ4v) is 2.16. The highest BCUT2D eigenvalue weighted by molar-refractivity contribution is 14.0. The highest BCUT2D eigenvalue weighted by Crippen LogP contribution is 2.08. The Morgan fingerprint density at radius 3 is 2.56 bits per heavy atom. The summed E-state index contributed by atoms with van der Waals surface area (Å²) in [6.45, 7) is 4.20. The number of halogens is 1. The number of nitrogens with zero attached hydrogens (tertiary/aromatic N) is 4. The minimum atomic E-state index is 0. The lowest BCUT2D eigenvalue weighted by Crippen LogP contribution is -2.38. The van der Waals surface area contributed by atoms with Crippen LogP contribution in [0.5, 0.6) is 0 Å². The molecule has 0 spiro atoms. The molecule has 0 saturated carbocycles. The van der Waals surface area contributed by atoms with E-state index in [0.29, 0.717) is 6.54 Å². The predicted molar refractivity (Wildman–Crippen MR) is 115 cm³/mol. The van der Waals surface area contributed by atoms with Gasteiger partial charge in [-0.15, -0.1) is 24.0 Å². The fourth-order valence-electron chi connectivity index (χ4n) is 2.16. The van der Waals surface area contributed by atoms with Crippen molar-refractivity contribution in [1.29, 1.82) is 0 Å². The molecule has 2 heterocycles. The lowest BCUT2D eigenvalue weighted by atomic mass is 10.3. The third kappa shape index (κ3) is 7.68. The van der Waals surface area contributed by atoms with Gasteiger partial charge in [0.2, 0.25) is 0 Å². The van der Waals surface area contributed by atoms with E-state index in [0.717, 1.165) is 42.7 Å². The highest BCUT2D eigenvalue weighted by atomic mass is 127. The summed E-state index contributed by atoms with van der Waals surface area (Å²) < 4.78 is 0. The second-order valence-electron chi connectivity index (χ2n) is 5.57. The van der Waals surface area contributed by atoms with Gasteiger partial charge in [0.1, 0.15) is 5.82 Å². The topological polar surface area (TPSA) is 65.4 Å². The zero-order chi connectivity index (χ0) is 17.2. The second kappa shape index (κ2) is 11.6. The van der Waals surface area contributed by atoms with Gasteiger partial charge in [-0.3, -0.25) is 4.98 Å². The standard InChI is InChI=1S/C18H26N6.HI/c1-4-19-18(21-13-11-15-8-5-6-12-20-15)22-14-16-9-7-10-17(23-16)24(2)3;/h5-10,12H,4,11,13-14H2,1-3H3,(H2,19,21,22);1H. The molecule has 7 heteroatoms. The molecule has 25 heavy (non-hydrogen) atoms. The van der Waals surface area contributed by atoms with E-state index in [4.69, 9.17) is 0 Å². The highest BCUT2D eigenvalue weighted by Gasteiger charge is 2.01. The van der Waals surface area contributed by atoms with Gasteiger partial charge in [-0.05, 0) is 31.2 Å². The molecular weight excluding hydrogens is 427 g/mol. The molecule has 2 rings (SSSR count). The van der Waals surface area contributed by atoms with Gasteiger partial charge in [-0.1, -0.05) is 12.1 Å². The summed E-state index contributed by atoms with van der Waals surface area (Å²) in [6.07, 6.45) is 2.68. The van der Waals surface area contributed by atoms with Gasteiger partial charge in [-0.2, -0.15) is 0 Å². The molecule has 0 aromatic carbocycles. The molecule has 2 aromatic heterocycles. The molecule has 136 valence electrons. The van der Waals surface area contributed by atoms with E-state index in [1.165, 1.54) is 0 Å². The first-order valence-electron chi connectivity index (χ1n) is 8.24. The van der Waals surface area contributed by atoms with Crippen molar-refractivity contribution in [2.45, 2.75) is 19.9 Å². The Labute approximate surface area is 167 Å². The lowest BCUT2D eigenvalue weighted by molar-refractivity contribution is 0.785. The maximum Gasteiger partial charge on any atom is 0.191 e. The Bertz CT molecular complexity index is 645. The first-order chi connectivity index (χ1) is 11.7. The summed E-state index contributed by atoms with van der Waals surface area (Å²) in [7, 11) is 3.97. The van der Waals surface area contributed by atoms with Gasteiger partial charge in [0.15, 0.2) is 5.96 Å². The molecule has 0 amide bonds. The number of pyridine rings is 2. The minimum absolute atomic E-state index is 0. The van der Waals surface area contributed by atoms with Crippen LogP contribution in [0.1, 0.15) is 18.3 Å². The van der Waals surface area contributed by atoms with Gasteiger partial charge in [0.05, 0.1) is 12.2 Å². The lowest BCUT2D eigenvalue weighted by Gasteiger charge is -2.13. The van der Waals surface area contributed by atoms with Crippen LogP contribution in [0.3, 0.4) is 0 Å². The number of rotatable bonds is 7. The van der Waals surface area contributed by atoms with Crippen LogP contribution in [-0.4, -0.2) is 43.1 Å². The molecule has 2 aromatic rings. The third-order valence-corrected chi connectivity index (χ3v) is 3.39. The van der Waals surface area contributed by atoms with Crippen molar-refractivity contribution in [3.8, 4) is 0 Å². The summed E-state index contributed by atoms with van der Waals surface area (Å²) >= 11 is 0. The van der Waals surface area contributed by atoms with E-state index in [9.17, 15) is 0 Å². The van der Waals surface area contributed by atoms with Crippen LogP contribution in [0, 0.1) is 0 Å². The summed E-state index contributed by atoms with van der Waals surface area (Å²) in [5.41, 5.74) is 2.02. The van der Waals surface area contributed by atoms with E-state index < -0.39 is 0 Å². The molecule has 0 saturated heterocycles. The smallest absolute Gasteiger partial charge is 0.191 e. The Hall–Kier alpha value is -1.90.